The average Bonchev–Trinajstić information content (AvgIpc) is 3.30. The SMILES string of the molecule is N#Cc1ccc2c(c1C(F)(F)F)CCN2Cc1noc(-c2cccc(Cl)c2Cl)n1. The zero-order valence-electron chi connectivity index (χ0n) is 14.6. The number of aromatic nitrogens is 2. The molecule has 0 spiro atoms. The highest BCUT2D eigenvalue weighted by Gasteiger charge is 2.39. The predicted molar refractivity (Wildman–Crippen MR) is 101 cm³/mol. The summed E-state index contributed by atoms with van der Waals surface area (Å²) in [5.41, 5.74) is -0.269. The molecule has 0 aliphatic carbocycles. The molecule has 0 bridgehead atoms. The fourth-order valence-corrected chi connectivity index (χ4v) is 3.78. The third-order valence-electron chi connectivity index (χ3n) is 4.65. The van der Waals surface area contributed by atoms with Crippen molar-refractivity contribution in [1.82, 2.24) is 10.1 Å². The van der Waals surface area contributed by atoms with Gasteiger partial charge in [-0.3, -0.25) is 0 Å². The summed E-state index contributed by atoms with van der Waals surface area (Å²) in [6.45, 7) is 0.493. The first kappa shape index (κ1) is 19.6. The molecule has 0 amide bonds. The molecule has 4 rings (SSSR count). The maximum atomic E-state index is 13.5. The summed E-state index contributed by atoms with van der Waals surface area (Å²) in [5, 5.41) is 13.6. The first-order chi connectivity index (χ1) is 13.8. The lowest BCUT2D eigenvalue weighted by Gasteiger charge is -2.19. The minimum Gasteiger partial charge on any atom is -0.363 e. The van der Waals surface area contributed by atoms with Gasteiger partial charge >= 0.3 is 6.18 Å². The van der Waals surface area contributed by atoms with Gasteiger partial charge in [-0.2, -0.15) is 23.4 Å². The molecule has 10 heteroatoms. The molecule has 0 saturated heterocycles. The molecule has 1 aromatic heterocycles. The summed E-state index contributed by atoms with van der Waals surface area (Å²) < 4.78 is 45.7. The zero-order chi connectivity index (χ0) is 20.8. The van der Waals surface area contributed by atoms with Crippen LogP contribution in [0.1, 0.15) is 22.5 Å². The normalized spacial score (nSPS) is 13.4. The van der Waals surface area contributed by atoms with Crippen molar-refractivity contribution < 1.29 is 17.7 Å². The van der Waals surface area contributed by atoms with Gasteiger partial charge < -0.3 is 9.42 Å². The molecule has 5 nitrogen and oxygen atoms in total. The maximum absolute atomic E-state index is 13.5. The maximum Gasteiger partial charge on any atom is 0.418 e. The summed E-state index contributed by atoms with van der Waals surface area (Å²) in [7, 11) is 0. The van der Waals surface area contributed by atoms with E-state index < -0.39 is 11.7 Å². The zero-order valence-corrected chi connectivity index (χ0v) is 16.1. The van der Waals surface area contributed by atoms with Crippen molar-refractivity contribution in [3.05, 3.63) is 62.9 Å². The number of halogens is 5. The van der Waals surface area contributed by atoms with Crippen molar-refractivity contribution in [2.24, 2.45) is 0 Å². The van der Waals surface area contributed by atoms with Crippen molar-refractivity contribution in [3.63, 3.8) is 0 Å². The summed E-state index contributed by atoms with van der Waals surface area (Å²) >= 11 is 12.2. The molecule has 0 atom stereocenters. The molecule has 0 saturated carbocycles. The predicted octanol–water partition coefficient (Wildman–Crippen LogP) is 5.50. The quantitative estimate of drug-likeness (QED) is 0.540. The molecular weight excluding hydrogens is 428 g/mol. The van der Waals surface area contributed by atoms with Gasteiger partial charge in [0.1, 0.15) is 0 Å². The van der Waals surface area contributed by atoms with Crippen molar-refractivity contribution in [3.8, 4) is 17.5 Å². The van der Waals surface area contributed by atoms with E-state index in [-0.39, 0.29) is 35.0 Å². The Bertz CT molecular complexity index is 1140. The molecule has 0 unspecified atom stereocenters. The van der Waals surface area contributed by atoms with Crippen molar-refractivity contribution in [2.75, 3.05) is 11.4 Å². The molecule has 0 N–H and O–H groups in total. The van der Waals surface area contributed by atoms with Crippen molar-refractivity contribution in [1.29, 1.82) is 5.26 Å². The Kier molecular flexibility index (Phi) is 4.89. The van der Waals surface area contributed by atoms with E-state index >= 15 is 0 Å². The van der Waals surface area contributed by atoms with Crippen LogP contribution in [0.5, 0.6) is 0 Å². The summed E-state index contributed by atoms with van der Waals surface area (Å²) in [5.74, 6) is 0.463. The highest BCUT2D eigenvalue weighted by Crippen LogP contribution is 2.42. The Morgan fingerprint density at radius 3 is 2.72 bits per heavy atom. The van der Waals surface area contributed by atoms with E-state index in [1.54, 1.807) is 29.2 Å². The van der Waals surface area contributed by atoms with Gasteiger partial charge in [0.25, 0.3) is 5.89 Å². The summed E-state index contributed by atoms with van der Waals surface area (Å²) in [6.07, 6.45) is -4.43. The molecule has 3 aromatic rings. The lowest BCUT2D eigenvalue weighted by atomic mass is 9.99. The van der Waals surface area contributed by atoms with E-state index in [9.17, 15) is 13.2 Å². The second kappa shape index (κ2) is 7.25. The van der Waals surface area contributed by atoms with E-state index in [2.05, 4.69) is 10.1 Å². The van der Waals surface area contributed by atoms with Crippen LogP contribution in [0, 0.1) is 11.3 Å². The molecule has 0 radical (unpaired) electrons. The number of nitrogens with zero attached hydrogens (tertiary/aromatic N) is 4. The summed E-state index contributed by atoms with van der Waals surface area (Å²) in [4.78, 5) is 6.01. The van der Waals surface area contributed by atoms with Crippen LogP contribution in [0.15, 0.2) is 34.9 Å². The summed E-state index contributed by atoms with van der Waals surface area (Å²) in [6, 6.07) is 9.32. The number of fused-ring (bicyclic) bond motifs is 1. The Hall–Kier alpha value is -2.76. The highest BCUT2D eigenvalue weighted by molar-refractivity contribution is 6.43. The largest absolute Gasteiger partial charge is 0.418 e. The van der Waals surface area contributed by atoms with Gasteiger partial charge in [-0.1, -0.05) is 34.4 Å². The topological polar surface area (TPSA) is 66.0 Å². The van der Waals surface area contributed by atoms with Gasteiger partial charge in [0, 0.05) is 12.2 Å². The van der Waals surface area contributed by atoms with E-state index in [1.807, 2.05) is 0 Å². The second-order valence-electron chi connectivity index (χ2n) is 6.38. The molecule has 29 heavy (non-hydrogen) atoms. The molecular formula is C19H11Cl2F3N4O. The van der Waals surface area contributed by atoms with Crippen LogP contribution < -0.4 is 4.90 Å². The standard InChI is InChI=1S/C19H11Cl2F3N4O/c20-13-3-1-2-12(17(13)21)18-26-15(27-29-18)9-28-7-6-11-14(28)5-4-10(8-25)16(11)19(22,23)24/h1-5H,6-7,9H2. The fraction of sp³-hybridized carbons (Fsp3) is 0.211. The van der Waals surface area contributed by atoms with Gasteiger partial charge in [0.15, 0.2) is 5.82 Å². The minimum absolute atomic E-state index is 0.109. The number of alkyl halides is 3. The van der Waals surface area contributed by atoms with Gasteiger partial charge in [-0.25, -0.2) is 0 Å². The van der Waals surface area contributed by atoms with Gasteiger partial charge in [0.05, 0.1) is 39.3 Å². The second-order valence-corrected chi connectivity index (χ2v) is 7.17. The first-order valence-corrected chi connectivity index (χ1v) is 9.20. The number of anilines is 1. The smallest absolute Gasteiger partial charge is 0.363 e. The monoisotopic (exact) mass is 438 g/mol. The highest BCUT2D eigenvalue weighted by atomic mass is 35.5. The fourth-order valence-electron chi connectivity index (χ4n) is 3.40. The molecule has 1 aliphatic rings. The van der Waals surface area contributed by atoms with Crippen LogP contribution in [0.4, 0.5) is 18.9 Å². The minimum atomic E-state index is -4.60. The molecule has 148 valence electrons. The third-order valence-corrected chi connectivity index (χ3v) is 5.47. The molecule has 1 aliphatic heterocycles. The van der Waals surface area contributed by atoms with Crippen LogP contribution in [-0.2, 0) is 19.1 Å². The van der Waals surface area contributed by atoms with E-state index in [4.69, 9.17) is 33.0 Å². The lowest BCUT2D eigenvalue weighted by molar-refractivity contribution is -0.138. The van der Waals surface area contributed by atoms with Gasteiger partial charge in [-0.15, -0.1) is 0 Å². The van der Waals surface area contributed by atoms with E-state index in [0.29, 0.717) is 28.6 Å². The first-order valence-electron chi connectivity index (χ1n) is 8.44. The van der Waals surface area contributed by atoms with Crippen LogP contribution in [0.2, 0.25) is 10.0 Å². The molecule has 2 aromatic carbocycles. The van der Waals surface area contributed by atoms with Crippen LogP contribution >= 0.6 is 23.2 Å². The Labute approximate surface area is 173 Å². The lowest BCUT2D eigenvalue weighted by Crippen LogP contribution is -2.20. The Morgan fingerprint density at radius 2 is 2.00 bits per heavy atom. The number of benzene rings is 2. The van der Waals surface area contributed by atoms with Crippen LogP contribution in [0.3, 0.4) is 0 Å². The Morgan fingerprint density at radius 1 is 1.21 bits per heavy atom. The number of hydrogen-bond donors (Lipinski definition) is 0. The van der Waals surface area contributed by atoms with Gasteiger partial charge in [0.2, 0.25) is 0 Å². The van der Waals surface area contributed by atoms with E-state index in [1.165, 1.54) is 12.1 Å². The van der Waals surface area contributed by atoms with E-state index in [0.717, 1.165) is 0 Å². The number of hydrogen-bond acceptors (Lipinski definition) is 5. The van der Waals surface area contributed by atoms with Crippen LogP contribution in [0.25, 0.3) is 11.5 Å². The number of nitriles is 1. The van der Waals surface area contributed by atoms with Crippen molar-refractivity contribution >= 4 is 28.9 Å². The number of rotatable bonds is 3. The average molecular weight is 439 g/mol. The third kappa shape index (κ3) is 3.52. The molecule has 2 heterocycles. The van der Waals surface area contributed by atoms with Gasteiger partial charge in [-0.05, 0) is 36.2 Å². The van der Waals surface area contributed by atoms with Crippen LogP contribution in [-0.4, -0.2) is 16.7 Å². The van der Waals surface area contributed by atoms with Crippen molar-refractivity contribution in [2.45, 2.75) is 19.1 Å². The Balaban J connectivity index is 1.64. The molecule has 0 fully saturated rings.